The minimum Gasteiger partial charge on any atom is -0.497 e. The second-order valence-electron chi connectivity index (χ2n) is 7.13. The maximum Gasteiger partial charge on any atom is 0.336 e. The van der Waals surface area contributed by atoms with Crippen molar-refractivity contribution in [2.24, 2.45) is 0 Å². The van der Waals surface area contributed by atoms with E-state index in [4.69, 9.17) is 9.47 Å². The van der Waals surface area contributed by atoms with Crippen LogP contribution in [-0.4, -0.2) is 19.7 Å². The van der Waals surface area contributed by atoms with Gasteiger partial charge in [-0.25, -0.2) is 4.79 Å². The first-order chi connectivity index (χ1) is 14.7. The number of fused-ring (bicyclic) bond motifs is 1. The summed E-state index contributed by atoms with van der Waals surface area (Å²) in [6.45, 7) is 2.79. The number of benzene rings is 3. The zero-order valence-electron chi connectivity index (χ0n) is 17.2. The van der Waals surface area contributed by atoms with Crippen LogP contribution in [0.25, 0.3) is 5.57 Å². The summed E-state index contributed by atoms with van der Waals surface area (Å²) in [5.41, 5.74) is 5.75. The van der Waals surface area contributed by atoms with Gasteiger partial charge in [-0.3, -0.25) is 0 Å². The molecule has 1 aliphatic carbocycles. The van der Waals surface area contributed by atoms with Crippen LogP contribution in [0.15, 0.2) is 84.4 Å². The Morgan fingerprint density at radius 3 is 2.33 bits per heavy atom. The largest absolute Gasteiger partial charge is 0.497 e. The lowest BCUT2D eigenvalue weighted by Crippen LogP contribution is -2.25. The van der Waals surface area contributed by atoms with Gasteiger partial charge < -0.3 is 14.8 Å². The number of carbonyl (C=O) groups excluding carboxylic acids is 1. The van der Waals surface area contributed by atoms with E-state index < -0.39 is 0 Å². The molecule has 4 rings (SSSR count). The van der Waals surface area contributed by atoms with Crippen LogP contribution < -0.4 is 10.1 Å². The van der Waals surface area contributed by atoms with Gasteiger partial charge in [-0.15, -0.1) is 0 Å². The Morgan fingerprint density at radius 1 is 0.967 bits per heavy atom. The number of hydrogen-bond acceptors (Lipinski definition) is 4. The number of rotatable bonds is 7. The highest BCUT2D eigenvalue weighted by Gasteiger charge is 2.36. The van der Waals surface area contributed by atoms with Crippen molar-refractivity contribution in [3.8, 4) is 5.75 Å². The van der Waals surface area contributed by atoms with Crippen molar-refractivity contribution in [2.75, 3.05) is 13.7 Å². The summed E-state index contributed by atoms with van der Waals surface area (Å²) in [5, 5.41) is 3.58. The normalized spacial score (nSPS) is 15.1. The molecule has 0 spiro atoms. The lowest BCUT2D eigenvalue weighted by Gasteiger charge is -2.18. The molecule has 3 aromatic rings. The van der Waals surface area contributed by atoms with E-state index in [0.717, 1.165) is 33.6 Å². The van der Waals surface area contributed by atoms with Gasteiger partial charge in [-0.05, 0) is 41.3 Å². The number of ether oxygens (including phenoxy) is 2. The van der Waals surface area contributed by atoms with Crippen molar-refractivity contribution in [1.29, 1.82) is 0 Å². The van der Waals surface area contributed by atoms with Crippen molar-refractivity contribution in [2.45, 2.75) is 19.5 Å². The number of esters is 1. The molecule has 152 valence electrons. The smallest absolute Gasteiger partial charge is 0.336 e. The molecule has 3 aromatic carbocycles. The molecule has 0 saturated carbocycles. The van der Waals surface area contributed by atoms with Crippen LogP contribution in [-0.2, 0) is 16.1 Å². The fraction of sp³-hybridized carbons (Fsp3) is 0.192. The molecule has 0 saturated heterocycles. The molecule has 0 aliphatic heterocycles. The van der Waals surface area contributed by atoms with Crippen LogP contribution in [0.5, 0.6) is 5.75 Å². The molecule has 0 heterocycles. The molecular weight excluding hydrogens is 374 g/mol. The molecule has 1 N–H and O–H groups in total. The molecule has 4 nitrogen and oxygen atoms in total. The highest BCUT2D eigenvalue weighted by molar-refractivity contribution is 6.06. The van der Waals surface area contributed by atoms with Gasteiger partial charge in [-0.1, -0.05) is 66.7 Å². The average Bonchev–Trinajstić information content (AvgIpc) is 3.12. The fourth-order valence-corrected chi connectivity index (χ4v) is 3.95. The molecule has 1 unspecified atom stereocenters. The topological polar surface area (TPSA) is 47.6 Å². The SMILES string of the molecule is CCOC(=O)C1=C(c2ccccc2)c2ccc(OC)cc2C1NCc1ccccc1. The average molecular weight is 399 g/mol. The first kappa shape index (κ1) is 19.9. The lowest BCUT2D eigenvalue weighted by molar-refractivity contribution is -0.138. The van der Waals surface area contributed by atoms with Gasteiger partial charge in [0.15, 0.2) is 0 Å². The monoisotopic (exact) mass is 399 g/mol. The van der Waals surface area contributed by atoms with E-state index in [2.05, 4.69) is 17.4 Å². The zero-order valence-corrected chi connectivity index (χ0v) is 17.2. The maximum atomic E-state index is 13.1. The van der Waals surface area contributed by atoms with Gasteiger partial charge in [0, 0.05) is 12.1 Å². The molecule has 1 atom stereocenters. The Balaban J connectivity index is 1.84. The van der Waals surface area contributed by atoms with Crippen molar-refractivity contribution in [3.05, 3.63) is 107 Å². The Kier molecular flexibility index (Phi) is 5.96. The lowest BCUT2D eigenvalue weighted by atomic mass is 9.97. The van der Waals surface area contributed by atoms with Gasteiger partial charge in [-0.2, -0.15) is 0 Å². The summed E-state index contributed by atoms with van der Waals surface area (Å²) < 4.78 is 11.0. The predicted octanol–water partition coefficient (Wildman–Crippen LogP) is 4.90. The third-order valence-corrected chi connectivity index (χ3v) is 5.31. The van der Waals surface area contributed by atoms with Gasteiger partial charge >= 0.3 is 5.97 Å². The van der Waals surface area contributed by atoms with E-state index in [9.17, 15) is 4.79 Å². The van der Waals surface area contributed by atoms with Crippen LogP contribution in [0.2, 0.25) is 0 Å². The standard InChI is InChI=1S/C26H25NO3/c1-3-30-26(28)24-23(19-12-8-5-9-13-19)21-15-14-20(29-2)16-22(21)25(24)27-17-18-10-6-4-7-11-18/h4-16,25,27H,3,17H2,1-2H3. The second kappa shape index (κ2) is 8.97. The van der Waals surface area contributed by atoms with Crippen LogP contribution in [0.3, 0.4) is 0 Å². The Morgan fingerprint density at radius 2 is 1.67 bits per heavy atom. The summed E-state index contributed by atoms with van der Waals surface area (Å²) >= 11 is 0. The van der Waals surface area contributed by atoms with E-state index in [1.54, 1.807) is 7.11 Å². The van der Waals surface area contributed by atoms with E-state index in [-0.39, 0.29) is 12.0 Å². The number of methoxy groups -OCH3 is 1. The maximum absolute atomic E-state index is 13.1. The van der Waals surface area contributed by atoms with Crippen LogP contribution in [0.1, 0.15) is 35.2 Å². The van der Waals surface area contributed by atoms with E-state index in [1.165, 1.54) is 0 Å². The van der Waals surface area contributed by atoms with Gasteiger partial charge in [0.2, 0.25) is 0 Å². The second-order valence-corrected chi connectivity index (χ2v) is 7.13. The summed E-state index contributed by atoms with van der Waals surface area (Å²) in [4.78, 5) is 13.1. The zero-order chi connectivity index (χ0) is 20.9. The molecule has 0 fully saturated rings. The molecule has 30 heavy (non-hydrogen) atoms. The van der Waals surface area contributed by atoms with Crippen LogP contribution in [0.4, 0.5) is 0 Å². The van der Waals surface area contributed by atoms with Crippen LogP contribution >= 0.6 is 0 Å². The molecule has 0 amide bonds. The molecule has 4 heteroatoms. The van der Waals surface area contributed by atoms with Crippen molar-refractivity contribution >= 4 is 11.5 Å². The van der Waals surface area contributed by atoms with Crippen LogP contribution in [0, 0.1) is 0 Å². The highest BCUT2D eigenvalue weighted by atomic mass is 16.5. The number of nitrogens with one attached hydrogen (secondary N) is 1. The van der Waals surface area contributed by atoms with Crippen molar-refractivity contribution in [1.82, 2.24) is 5.32 Å². The summed E-state index contributed by atoms with van der Waals surface area (Å²) in [6.07, 6.45) is 0. The third-order valence-electron chi connectivity index (χ3n) is 5.31. The summed E-state index contributed by atoms with van der Waals surface area (Å²) in [5.74, 6) is 0.467. The minimum absolute atomic E-state index is 0.287. The number of carbonyl (C=O) groups is 1. The van der Waals surface area contributed by atoms with Gasteiger partial charge in [0.1, 0.15) is 5.75 Å². The number of hydrogen-bond donors (Lipinski definition) is 1. The molecule has 1 aliphatic rings. The van der Waals surface area contributed by atoms with Gasteiger partial charge in [0.25, 0.3) is 0 Å². The quantitative estimate of drug-likeness (QED) is 0.574. The van der Waals surface area contributed by atoms with Crippen molar-refractivity contribution in [3.63, 3.8) is 0 Å². The van der Waals surface area contributed by atoms with E-state index in [0.29, 0.717) is 18.7 Å². The molecule has 0 aromatic heterocycles. The minimum atomic E-state index is -0.294. The molecular formula is C26H25NO3. The Bertz CT molecular complexity index is 1060. The van der Waals surface area contributed by atoms with Gasteiger partial charge in [0.05, 0.1) is 25.3 Å². The van der Waals surface area contributed by atoms with E-state index in [1.807, 2.05) is 73.7 Å². The fourth-order valence-electron chi connectivity index (χ4n) is 3.95. The summed E-state index contributed by atoms with van der Waals surface area (Å²) in [6, 6.07) is 25.9. The summed E-state index contributed by atoms with van der Waals surface area (Å²) in [7, 11) is 1.65. The first-order valence-corrected chi connectivity index (χ1v) is 10.1. The first-order valence-electron chi connectivity index (χ1n) is 10.1. The molecule has 0 bridgehead atoms. The highest BCUT2D eigenvalue weighted by Crippen LogP contribution is 2.45. The van der Waals surface area contributed by atoms with Crippen molar-refractivity contribution < 1.29 is 14.3 Å². The third kappa shape index (κ3) is 3.87. The van der Waals surface area contributed by atoms with E-state index >= 15 is 0 Å². The Labute approximate surface area is 177 Å². The molecule has 0 radical (unpaired) electrons. The Hall–Kier alpha value is -3.37. The predicted molar refractivity (Wildman–Crippen MR) is 118 cm³/mol.